The van der Waals surface area contributed by atoms with E-state index in [1.54, 1.807) is 24.3 Å². The van der Waals surface area contributed by atoms with Gasteiger partial charge in [-0.1, -0.05) is 30.7 Å². The van der Waals surface area contributed by atoms with Crippen LogP contribution in [0.15, 0.2) is 30.3 Å². The molecule has 0 radical (unpaired) electrons. The normalized spacial score (nSPS) is 16.0. The molecule has 0 atom stereocenters. The molecule has 0 bridgehead atoms. The SMILES string of the molecule is CCN1CCN(c2nc(-c3ccc(Cl)cc3)cc(C(F)F)n2)CC1. The molecule has 2 heterocycles. The van der Waals surface area contributed by atoms with Gasteiger partial charge in [0.15, 0.2) is 0 Å². The number of benzene rings is 1. The Bertz CT molecular complexity index is 685. The van der Waals surface area contributed by atoms with E-state index in [0.717, 1.165) is 38.3 Å². The molecule has 1 aliphatic heterocycles. The lowest BCUT2D eigenvalue weighted by molar-refractivity contribution is 0.146. The van der Waals surface area contributed by atoms with Crippen LogP contribution in [0.25, 0.3) is 11.3 Å². The van der Waals surface area contributed by atoms with Gasteiger partial charge in [-0.15, -0.1) is 0 Å². The lowest BCUT2D eigenvalue weighted by Crippen LogP contribution is -2.46. The van der Waals surface area contributed by atoms with Crippen LogP contribution in [0.3, 0.4) is 0 Å². The summed E-state index contributed by atoms with van der Waals surface area (Å²) in [5.41, 5.74) is 0.991. The predicted octanol–water partition coefficient (Wildman–Crippen LogP) is 3.88. The van der Waals surface area contributed by atoms with Gasteiger partial charge in [0.25, 0.3) is 6.43 Å². The van der Waals surface area contributed by atoms with Crippen molar-refractivity contribution in [2.45, 2.75) is 13.3 Å². The van der Waals surface area contributed by atoms with Crippen molar-refractivity contribution >= 4 is 17.5 Å². The van der Waals surface area contributed by atoms with Gasteiger partial charge in [0.1, 0.15) is 5.69 Å². The average Bonchev–Trinajstić information content (AvgIpc) is 2.62. The highest BCUT2D eigenvalue weighted by Gasteiger charge is 2.21. The van der Waals surface area contributed by atoms with Gasteiger partial charge in [-0.25, -0.2) is 18.7 Å². The van der Waals surface area contributed by atoms with Gasteiger partial charge in [0.2, 0.25) is 5.95 Å². The summed E-state index contributed by atoms with van der Waals surface area (Å²) in [6, 6.07) is 8.35. The molecule has 1 aromatic heterocycles. The molecule has 0 aliphatic carbocycles. The third-order valence-corrected chi connectivity index (χ3v) is 4.45. The number of piperazine rings is 1. The van der Waals surface area contributed by atoms with E-state index >= 15 is 0 Å². The summed E-state index contributed by atoms with van der Waals surface area (Å²) < 4.78 is 26.5. The van der Waals surface area contributed by atoms with E-state index in [1.165, 1.54) is 6.07 Å². The first-order valence-corrected chi connectivity index (χ1v) is 8.35. The van der Waals surface area contributed by atoms with Crippen molar-refractivity contribution < 1.29 is 8.78 Å². The second-order valence-electron chi connectivity index (χ2n) is 5.71. The minimum absolute atomic E-state index is 0.247. The Morgan fingerprint density at radius 3 is 2.33 bits per heavy atom. The zero-order valence-corrected chi connectivity index (χ0v) is 14.2. The number of likely N-dealkylation sites (N-methyl/N-ethyl adjacent to an activating group) is 1. The van der Waals surface area contributed by atoms with Crippen LogP contribution < -0.4 is 4.90 Å². The Balaban J connectivity index is 1.93. The summed E-state index contributed by atoms with van der Waals surface area (Å²) in [5.74, 6) is 0.369. The van der Waals surface area contributed by atoms with Crippen molar-refractivity contribution in [2.24, 2.45) is 0 Å². The van der Waals surface area contributed by atoms with Gasteiger partial charge >= 0.3 is 0 Å². The zero-order valence-electron chi connectivity index (χ0n) is 13.4. The van der Waals surface area contributed by atoms with Crippen LogP contribution in [0.2, 0.25) is 5.02 Å². The standard InChI is InChI=1S/C17H19ClF2N4/c1-2-23-7-9-24(10-8-23)17-21-14(11-15(22-17)16(19)20)12-3-5-13(18)6-4-12/h3-6,11,16H,2,7-10H2,1H3. The quantitative estimate of drug-likeness (QED) is 0.836. The van der Waals surface area contributed by atoms with Crippen LogP contribution in [0.5, 0.6) is 0 Å². The molecule has 1 saturated heterocycles. The Morgan fingerprint density at radius 2 is 1.75 bits per heavy atom. The lowest BCUT2D eigenvalue weighted by Gasteiger charge is -2.34. The van der Waals surface area contributed by atoms with Crippen molar-refractivity contribution in [3.8, 4) is 11.3 Å². The fourth-order valence-corrected chi connectivity index (χ4v) is 2.86. The zero-order chi connectivity index (χ0) is 17.1. The van der Waals surface area contributed by atoms with E-state index in [4.69, 9.17) is 11.6 Å². The largest absolute Gasteiger partial charge is 0.338 e. The third-order valence-electron chi connectivity index (χ3n) is 4.20. The number of aromatic nitrogens is 2. The molecule has 4 nitrogen and oxygen atoms in total. The predicted molar refractivity (Wildman–Crippen MR) is 91.8 cm³/mol. The van der Waals surface area contributed by atoms with Crippen LogP contribution in [0, 0.1) is 0 Å². The molecule has 0 spiro atoms. The fourth-order valence-electron chi connectivity index (χ4n) is 2.74. The van der Waals surface area contributed by atoms with Crippen molar-refractivity contribution in [1.82, 2.24) is 14.9 Å². The smallest absolute Gasteiger partial charge is 0.280 e. The number of hydrogen-bond acceptors (Lipinski definition) is 4. The molecule has 1 aromatic carbocycles. The number of nitrogens with zero attached hydrogens (tertiary/aromatic N) is 4. The Morgan fingerprint density at radius 1 is 1.08 bits per heavy atom. The molecule has 0 N–H and O–H groups in total. The van der Waals surface area contributed by atoms with Crippen LogP contribution in [-0.2, 0) is 0 Å². The summed E-state index contributed by atoms with van der Waals surface area (Å²) >= 11 is 5.90. The number of anilines is 1. The Labute approximate surface area is 145 Å². The molecule has 1 fully saturated rings. The van der Waals surface area contributed by atoms with E-state index in [2.05, 4.69) is 21.8 Å². The van der Waals surface area contributed by atoms with Crippen LogP contribution in [0.1, 0.15) is 19.0 Å². The second kappa shape index (κ2) is 7.40. The van der Waals surface area contributed by atoms with E-state index in [-0.39, 0.29) is 5.69 Å². The summed E-state index contributed by atoms with van der Waals surface area (Å²) in [7, 11) is 0. The van der Waals surface area contributed by atoms with Gasteiger partial charge in [-0.2, -0.15) is 0 Å². The average molecular weight is 353 g/mol. The molecule has 0 amide bonds. The molecule has 2 aromatic rings. The van der Waals surface area contributed by atoms with Crippen LogP contribution >= 0.6 is 11.6 Å². The van der Waals surface area contributed by atoms with Gasteiger partial charge in [0, 0.05) is 36.8 Å². The Hall–Kier alpha value is -1.79. The van der Waals surface area contributed by atoms with E-state index in [0.29, 0.717) is 16.7 Å². The highest BCUT2D eigenvalue weighted by atomic mass is 35.5. The van der Waals surface area contributed by atoms with Gasteiger partial charge < -0.3 is 9.80 Å². The summed E-state index contributed by atoms with van der Waals surface area (Å²) in [4.78, 5) is 12.9. The molecule has 0 saturated carbocycles. The van der Waals surface area contributed by atoms with E-state index in [1.807, 2.05) is 4.90 Å². The number of halogens is 3. The molecule has 1 aliphatic rings. The first-order chi connectivity index (χ1) is 11.6. The van der Waals surface area contributed by atoms with Crippen molar-refractivity contribution in [1.29, 1.82) is 0 Å². The van der Waals surface area contributed by atoms with Crippen molar-refractivity contribution in [3.05, 3.63) is 41.0 Å². The Kier molecular flexibility index (Phi) is 5.26. The van der Waals surface area contributed by atoms with Crippen molar-refractivity contribution in [2.75, 3.05) is 37.6 Å². The lowest BCUT2D eigenvalue weighted by atomic mass is 10.1. The highest BCUT2D eigenvalue weighted by Crippen LogP contribution is 2.27. The second-order valence-corrected chi connectivity index (χ2v) is 6.14. The van der Waals surface area contributed by atoms with Crippen LogP contribution in [-0.4, -0.2) is 47.6 Å². The molecule has 0 unspecified atom stereocenters. The monoisotopic (exact) mass is 352 g/mol. The minimum atomic E-state index is -2.63. The third kappa shape index (κ3) is 3.82. The maximum absolute atomic E-state index is 13.3. The minimum Gasteiger partial charge on any atom is -0.338 e. The van der Waals surface area contributed by atoms with Gasteiger partial charge in [-0.3, -0.25) is 0 Å². The first kappa shape index (κ1) is 17.0. The first-order valence-electron chi connectivity index (χ1n) is 7.97. The maximum atomic E-state index is 13.3. The molecule has 7 heteroatoms. The highest BCUT2D eigenvalue weighted by molar-refractivity contribution is 6.30. The molecular weight excluding hydrogens is 334 g/mol. The van der Waals surface area contributed by atoms with Crippen LogP contribution in [0.4, 0.5) is 14.7 Å². The number of rotatable bonds is 4. The van der Waals surface area contributed by atoms with Gasteiger partial charge in [-0.05, 0) is 24.7 Å². The summed E-state index contributed by atoms with van der Waals surface area (Å²) in [5, 5.41) is 0.595. The topological polar surface area (TPSA) is 32.3 Å². The number of alkyl halides is 2. The maximum Gasteiger partial charge on any atom is 0.280 e. The van der Waals surface area contributed by atoms with Gasteiger partial charge in [0.05, 0.1) is 5.69 Å². The summed E-state index contributed by atoms with van der Waals surface area (Å²) in [6.45, 7) is 6.34. The molecular formula is C17H19ClF2N4. The van der Waals surface area contributed by atoms with Crippen molar-refractivity contribution in [3.63, 3.8) is 0 Å². The van der Waals surface area contributed by atoms with E-state index < -0.39 is 6.43 Å². The molecule has 128 valence electrons. The molecule has 3 rings (SSSR count). The summed E-state index contributed by atoms with van der Waals surface area (Å²) in [6.07, 6.45) is -2.63. The fraction of sp³-hybridized carbons (Fsp3) is 0.412. The van der Waals surface area contributed by atoms with E-state index in [9.17, 15) is 8.78 Å². The molecule has 24 heavy (non-hydrogen) atoms. The number of hydrogen-bond donors (Lipinski definition) is 0.